The molecule has 0 amide bonds. The second kappa shape index (κ2) is 4.86. The van der Waals surface area contributed by atoms with Crippen LogP contribution in [-0.4, -0.2) is 14.6 Å². The predicted molar refractivity (Wildman–Crippen MR) is 70.5 cm³/mol. The lowest BCUT2D eigenvalue weighted by molar-refractivity contribution is 0.785. The van der Waals surface area contributed by atoms with Gasteiger partial charge in [-0.05, 0) is 32.8 Å². The number of aromatic nitrogens is 3. The molecule has 0 unspecified atom stereocenters. The predicted octanol–water partition coefficient (Wildman–Crippen LogP) is 3.25. The summed E-state index contributed by atoms with van der Waals surface area (Å²) in [6.45, 7) is 8.55. The van der Waals surface area contributed by atoms with E-state index in [0.717, 1.165) is 42.7 Å². The molecular formula is C14H21N3. The summed E-state index contributed by atoms with van der Waals surface area (Å²) in [5.41, 5.74) is 5.88. The summed E-state index contributed by atoms with van der Waals surface area (Å²) in [5.74, 6) is 0. The molecule has 2 heterocycles. The molecular weight excluding hydrogens is 210 g/mol. The lowest BCUT2D eigenvalue weighted by atomic mass is 10.1. The monoisotopic (exact) mass is 231 g/mol. The van der Waals surface area contributed by atoms with E-state index in [1.165, 1.54) is 11.3 Å². The zero-order valence-corrected chi connectivity index (χ0v) is 11.2. The van der Waals surface area contributed by atoms with Crippen molar-refractivity contribution < 1.29 is 0 Å². The molecule has 3 nitrogen and oxygen atoms in total. The topological polar surface area (TPSA) is 30.2 Å². The van der Waals surface area contributed by atoms with Crippen molar-refractivity contribution in [3.63, 3.8) is 0 Å². The third-order valence-corrected chi connectivity index (χ3v) is 3.09. The molecule has 0 fully saturated rings. The van der Waals surface area contributed by atoms with Crippen molar-refractivity contribution in [2.45, 2.75) is 53.4 Å². The lowest BCUT2D eigenvalue weighted by Crippen LogP contribution is -2.02. The van der Waals surface area contributed by atoms with E-state index < -0.39 is 0 Å². The van der Waals surface area contributed by atoms with Gasteiger partial charge in [0.15, 0.2) is 5.65 Å². The summed E-state index contributed by atoms with van der Waals surface area (Å²) in [5, 5.41) is 4.65. The number of rotatable bonds is 4. The molecule has 0 saturated heterocycles. The number of nitrogens with zero attached hydrogens (tertiary/aromatic N) is 3. The normalized spacial score (nSPS) is 11.3. The number of hydrogen-bond donors (Lipinski definition) is 0. The number of aryl methyl sites for hydroxylation is 4. The lowest BCUT2D eigenvalue weighted by Gasteiger charge is -2.05. The molecule has 0 aromatic carbocycles. The molecule has 0 radical (unpaired) electrons. The molecule has 3 heteroatoms. The van der Waals surface area contributed by atoms with Gasteiger partial charge in [0.2, 0.25) is 0 Å². The minimum atomic E-state index is 1.06. The molecule has 92 valence electrons. The Balaban J connectivity index is 2.65. The molecule has 0 spiro atoms. The highest BCUT2D eigenvalue weighted by atomic mass is 15.3. The van der Waals surface area contributed by atoms with Gasteiger partial charge < -0.3 is 0 Å². The highest BCUT2D eigenvalue weighted by Gasteiger charge is 2.12. The highest BCUT2D eigenvalue weighted by molar-refractivity contribution is 5.51. The van der Waals surface area contributed by atoms with Crippen LogP contribution in [0.1, 0.15) is 49.3 Å². The Bertz CT molecular complexity index is 526. The molecule has 0 atom stereocenters. The molecule has 17 heavy (non-hydrogen) atoms. The Labute approximate surface area is 103 Å². The van der Waals surface area contributed by atoms with E-state index in [1.807, 2.05) is 4.52 Å². The average molecular weight is 231 g/mol. The van der Waals surface area contributed by atoms with Crippen molar-refractivity contribution in [1.29, 1.82) is 0 Å². The van der Waals surface area contributed by atoms with Crippen molar-refractivity contribution in [2.24, 2.45) is 0 Å². The molecule has 0 N–H and O–H groups in total. The van der Waals surface area contributed by atoms with Gasteiger partial charge in [-0.25, -0.2) is 9.50 Å². The molecule has 0 aliphatic rings. The van der Waals surface area contributed by atoms with E-state index in [1.54, 1.807) is 0 Å². The summed E-state index contributed by atoms with van der Waals surface area (Å²) in [4.78, 5) is 4.66. The molecule has 2 rings (SSSR count). The molecule has 0 aliphatic heterocycles. The van der Waals surface area contributed by atoms with Crippen LogP contribution in [0.25, 0.3) is 5.65 Å². The zero-order chi connectivity index (χ0) is 12.4. The average Bonchev–Trinajstić information content (AvgIpc) is 2.58. The Morgan fingerprint density at radius 3 is 2.47 bits per heavy atom. The van der Waals surface area contributed by atoms with E-state index in [4.69, 9.17) is 0 Å². The van der Waals surface area contributed by atoms with Crippen molar-refractivity contribution in [2.75, 3.05) is 0 Å². The Kier molecular flexibility index (Phi) is 3.46. The maximum Gasteiger partial charge on any atom is 0.158 e. The summed E-state index contributed by atoms with van der Waals surface area (Å²) in [6, 6.07) is 2.15. The molecule has 0 saturated carbocycles. The fourth-order valence-electron chi connectivity index (χ4n) is 2.34. The SMILES string of the molecule is CCCc1c(C)nn2c(CCC)cc(C)nc12. The fourth-order valence-corrected chi connectivity index (χ4v) is 2.34. The van der Waals surface area contributed by atoms with Crippen LogP contribution in [0.3, 0.4) is 0 Å². The van der Waals surface area contributed by atoms with Crippen molar-refractivity contribution in [3.05, 3.63) is 28.7 Å². The van der Waals surface area contributed by atoms with Crippen LogP contribution in [0.4, 0.5) is 0 Å². The summed E-state index contributed by atoms with van der Waals surface area (Å²) >= 11 is 0. The molecule has 2 aromatic rings. The van der Waals surface area contributed by atoms with Gasteiger partial charge in [0.25, 0.3) is 0 Å². The minimum Gasteiger partial charge on any atom is -0.234 e. The van der Waals surface area contributed by atoms with Gasteiger partial charge in [-0.15, -0.1) is 0 Å². The van der Waals surface area contributed by atoms with Crippen LogP contribution in [0.15, 0.2) is 6.07 Å². The largest absolute Gasteiger partial charge is 0.234 e. The van der Waals surface area contributed by atoms with Crippen LogP contribution >= 0.6 is 0 Å². The smallest absolute Gasteiger partial charge is 0.158 e. The van der Waals surface area contributed by atoms with E-state index in [2.05, 4.69) is 43.8 Å². The minimum absolute atomic E-state index is 1.06. The summed E-state index contributed by atoms with van der Waals surface area (Å²) < 4.78 is 2.04. The maximum absolute atomic E-state index is 4.66. The van der Waals surface area contributed by atoms with Crippen molar-refractivity contribution in [1.82, 2.24) is 14.6 Å². The maximum atomic E-state index is 4.66. The standard InChI is InChI=1S/C14H21N3/c1-5-7-12-9-10(3)15-14-13(8-6-2)11(4)16-17(12)14/h9H,5-8H2,1-4H3. The van der Waals surface area contributed by atoms with Crippen molar-refractivity contribution >= 4 is 5.65 Å². The van der Waals surface area contributed by atoms with Gasteiger partial charge >= 0.3 is 0 Å². The second-order valence-corrected chi connectivity index (χ2v) is 4.69. The van der Waals surface area contributed by atoms with Gasteiger partial charge in [-0.1, -0.05) is 26.7 Å². The van der Waals surface area contributed by atoms with Crippen LogP contribution in [0.2, 0.25) is 0 Å². The first-order valence-corrected chi connectivity index (χ1v) is 6.52. The molecule has 0 aliphatic carbocycles. The molecule has 0 bridgehead atoms. The first-order valence-electron chi connectivity index (χ1n) is 6.52. The highest BCUT2D eigenvalue weighted by Crippen LogP contribution is 2.18. The van der Waals surface area contributed by atoms with E-state index >= 15 is 0 Å². The van der Waals surface area contributed by atoms with Crippen LogP contribution in [0.5, 0.6) is 0 Å². The van der Waals surface area contributed by atoms with Gasteiger partial charge in [-0.2, -0.15) is 5.10 Å². The Morgan fingerprint density at radius 1 is 1.12 bits per heavy atom. The second-order valence-electron chi connectivity index (χ2n) is 4.69. The number of fused-ring (bicyclic) bond motifs is 1. The summed E-state index contributed by atoms with van der Waals surface area (Å²) in [6.07, 6.45) is 4.41. The fraction of sp³-hybridized carbons (Fsp3) is 0.571. The van der Waals surface area contributed by atoms with Crippen molar-refractivity contribution in [3.8, 4) is 0 Å². The van der Waals surface area contributed by atoms with E-state index in [9.17, 15) is 0 Å². The van der Waals surface area contributed by atoms with Crippen LogP contribution in [-0.2, 0) is 12.8 Å². The van der Waals surface area contributed by atoms with Gasteiger partial charge in [0.1, 0.15) is 0 Å². The van der Waals surface area contributed by atoms with Crippen LogP contribution in [0, 0.1) is 13.8 Å². The van der Waals surface area contributed by atoms with Gasteiger partial charge in [-0.3, -0.25) is 0 Å². The van der Waals surface area contributed by atoms with Gasteiger partial charge in [0.05, 0.1) is 5.69 Å². The Hall–Kier alpha value is -1.38. The molecule has 2 aromatic heterocycles. The third-order valence-electron chi connectivity index (χ3n) is 3.09. The zero-order valence-electron chi connectivity index (χ0n) is 11.2. The summed E-state index contributed by atoms with van der Waals surface area (Å²) in [7, 11) is 0. The van der Waals surface area contributed by atoms with E-state index in [-0.39, 0.29) is 0 Å². The third kappa shape index (κ3) is 2.19. The van der Waals surface area contributed by atoms with Crippen LogP contribution < -0.4 is 0 Å². The quantitative estimate of drug-likeness (QED) is 0.808. The first kappa shape index (κ1) is 12.1. The number of hydrogen-bond acceptors (Lipinski definition) is 2. The van der Waals surface area contributed by atoms with E-state index in [0.29, 0.717) is 0 Å². The Morgan fingerprint density at radius 2 is 1.82 bits per heavy atom. The van der Waals surface area contributed by atoms with Gasteiger partial charge in [0, 0.05) is 17.0 Å². The first-order chi connectivity index (χ1) is 8.17.